The van der Waals surface area contributed by atoms with Crippen molar-refractivity contribution in [2.45, 2.75) is 38.6 Å². The Hall–Kier alpha value is -2.05. The third-order valence-corrected chi connectivity index (χ3v) is 3.06. The molecular formula is C14H21FN4O2. The molecule has 3 N–H and O–H groups in total. The second kappa shape index (κ2) is 5.75. The van der Waals surface area contributed by atoms with E-state index in [9.17, 15) is 9.18 Å². The van der Waals surface area contributed by atoms with E-state index in [-0.39, 0.29) is 13.1 Å². The van der Waals surface area contributed by atoms with Crippen LogP contribution < -0.4 is 11.1 Å². The van der Waals surface area contributed by atoms with Crippen LogP contribution in [0.5, 0.6) is 0 Å². The molecule has 1 amide bonds. The van der Waals surface area contributed by atoms with Crippen molar-refractivity contribution in [2.75, 3.05) is 24.1 Å². The van der Waals surface area contributed by atoms with Crippen LogP contribution in [0, 0.1) is 0 Å². The molecule has 0 unspecified atom stereocenters. The van der Waals surface area contributed by atoms with Crippen LogP contribution in [0.4, 0.5) is 20.7 Å². The van der Waals surface area contributed by atoms with Crippen LogP contribution in [0.15, 0.2) is 18.3 Å². The minimum absolute atomic E-state index is 0.000676. The zero-order chi connectivity index (χ0) is 15.6. The highest BCUT2D eigenvalue weighted by Crippen LogP contribution is 2.22. The van der Waals surface area contributed by atoms with Crippen molar-refractivity contribution in [3.63, 3.8) is 0 Å². The number of hydrogen-bond donors (Lipinski definition) is 2. The summed E-state index contributed by atoms with van der Waals surface area (Å²) in [5, 5.41) is 2.95. The second-order valence-corrected chi connectivity index (χ2v) is 6.09. The molecule has 0 aliphatic carbocycles. The minimum Gasteiger partial charge on any atom is -0.444 e. The molecular weight excluding hydrogens is 275 g/mol. The first-order valence-corrected chi connectivity index (χ1v) is 6.85. The Labute approximate surface area is 123 Å². The highest BCUT2D eigenvalue weighted by Gasteiger charge is 2.37. The van der Waals surface area contributed by atoms with E-state index in [4.69, 9.17) is 10.5 Å². The van der Waals surface area contributed by atoms with E-state index in [0.29, 0.717) is 11.5 Å². The van der Waals surface area contributed by atoms with Gasteiger partial charge in [-0.05, 0) is 32.9 Å². The van der Waals surface area contributed by atoms with E-state index < -0.39 is 23.9 Å². The number of nitrogens with one attached hydrogen (secondary N) is 1. The summed E-state index contributed by atoms with van der Waals surface area (Å²) in [6.07, 6.45) is -0.130. The quantitative estimate of drug-likeness (QED) is 0.873. The first-order chi connectivity index (χ1) is 9.76. The van der Waals surface area contributed by atoms with Crippen molar-refractivity contribution in [2.24, 2.45) is 0 Å². The Morgan fingerprint density at radius 1 is 1.52 bits per heavy atom. The van der Waals surface area contributed by atoms with Gasteiger partial charge < -0.3 is 20.7 Å². The van der Waals surface area contributed by atoms with Crippen molar-refractivity contribution < 1.29 is 13.9 Å². The average Bonchev–Trinajstić information content (AvgIpc) is 2.72. The predicted octanol–water partition coefficient (Wildman–Crippen LogP) is 2.03. The number of pyridine rings is 1. The van der Waals surface area contributed by atoms with E-state index >= 15 is 0 Å². The van der Waals surface area contributed by atoms with Crippen molar-refractivity contribution >= 4 is 17.6 Å². The molecule has 0 spiro atoms. The number of halogens is 1. The smallest absolute Gasteiger partial charge is 0.410 e. The van der Waals surface area contributed by atoms with Gasteiger partial charge in [0, 0.05) is 12.7 Å². The second-order valence-electron chi connectivity index (χ2n) is 6.09. The topological polar surface area (TPSA) is 80.5 Å². The molecule has 1 aromatic heterocycles. The predicted molar refractivity (Wildman–Crippen MR) is 78.8 cm³/mol. The Kier molecular flexibility index (Phi) is 4.20. The van der Waals surface area contributed by atoms with Gasteiger partial charge in [0.25, 0.3) is 0 Å². The Bertz CT molecular complexity index is 518. The van der Waals surface area contributed by atoms with Crippen LogP contribution in [0.2, 0.25) is 0 Å². The number of nitrogens with zero attached hydrogens (tertiary/aromatic N) is 2. The molecule has 1 saturated heterocycles. The summed E-state index contributed by atoms with van der Waals surface area (Å²) < 4.78 is 19.3. The summed E-state index contributed by atoms with van der Waals surface area (Å²) in [5.74, 6) is 0.427. The van der Waals surface area contributed by atoms with Crippen LogP contribution in [-0.4, -0.2) is 46.9 Å². The van der Waals surface area contributed by atoms with Gasteiger partial charge in [0.1, 0.15) is 17.6 Å². The van der Waals surface area contributed by atoms with Gasteiger partial charge in [-0.3, -0.25) is 0 Å². The van der Waals surface area contributed by atoms with Gasteiger partial charge in [0.05, 0.1) is 18.3 Å². The molecule has 0 bridgehead atoms. The summed E-state index contributed by atoms with van der Waals surface area (Å²) in [6.45, 7) is 5.54. The number of amides is 1. The average molecular weight is 296 g/mol. The summed E-state index contributed by atoms with van der Waals surface area (Å²) in [5.41, 5.74) is 5.62. The van der Waals surface area contributed by atoms with E-state index in [2.05, 4.69) is 10.3 Å². The maximum atomic E-state index is 14.1. The molecule has 1 aliphatic rings. The van der Waals surface area contributed by atoms with Crippen LogP contribution in [0.25, 0.3) is 0 Å². The number of ether oxygens (including phenoxy) is 1. The van der Waals surface area contributed by atoms with Crippen LogP contribution in [0.3, 0.4) is 0 Å². The number of carbonyl (C=O) groups excluding carboxylic acids is 1. The molecule has 7 heteroatoms. The zero-order valence-corrected chi connectivity index (χ0v) is 12.5. The highest BCUT2D eigenvalue weighted by molar-refractivity contribution is 5.69. The number of rotatable bonds is 2. The Morgan fingerprint density at radius 3 is 2.86 bits per heavy atom. The van der Waals surface area contributed by atoms with Gasteiger partial charge in [-0.1, -0.05) is 0 Å². The number of carbonyl (C=O) groups is 1. The molecule has 1 aliphatic heterocycles. The normalized spacial score (nSPS) is 22.2. The first kappa shape index (κ1) is 15.3. The number of alkyl halides is 1. The highest BCUT2D eigenvalue weighted by atomic mass is 19.1. The summed E-state index contributed by atoms with van der Waals surface area (Å²) in [7, 11) is 0. The fourth-order valence-corrected chi connectivity index (χ4v) is 2.09. The lowest BCUT2D eigenvalue weighted by molar-refractivity contribution is 0.0283. The summed E-state index contributed by atoms with van der Waals surface area (Å²) >= 11 is 0. The SMILES string of the molecule is CC(C)(C)OC(=O)N1C[C@@H](F)[C@H](Nc2ncccc2N)C1. The third kappa shape index (κ3) is 3.96. The lowest BCUT2D eigenvalue weighted by atomic mass is 10.2. The van der Waals surface area contributed by atoms with Crippen molar-refractivity contribution in [3.8, 4) is 0 Å². The largest absolute Gasteiger partial charge is 0.444 e. The molecule has 0 radical (unpaired) electrons. The fourth-order valence-electron chi connectivity index (χ4n) is 2.09. The van der Waals surface area contributed by atoms with Crippen LogP contribution >= 0.6 is 0 Å². The van der Waals surface area contributed by atoms with Crippen molar-refractivity contribution in [1.29, 1.82) is 0 Å². The van der Waals surface area contributed by atoms with E-state index in [1.54, 1.807) is 39.1 Å². The van der Waals surface area contributed by atoms with Gasteiger partial charge in [0.15, 0.2) is 0 Å². The van der Waals surface area contributed by atoms with Gasteiger partial charge in [-0.2, -0.15) is 0 Å². The molecule has 116 valence electrons. The maximum Gasteiger partial charge on any atom is 0.410 e. The monoisotopic (exact) mass is 296 g/mol. The first-order valence-electron chi connectivity index (χ1n) is 6.85. The lowest BCUT2D eigenvalue weighted by Crippen LogP contribution is -2.36. The number of nitrogen functional groups attached to an aromatic ring is 1. The van der Waals surface area contributed by atoms with Gasteiger partial charge in [-0.25, -0.2) is 14.2 Å². The van der Waals surface area contributed by atoms with E-state index in [1.165, 1.54) is 4.90 Å². The molecule has 0 aromatic carbocycles. The van der Waals surface area contributed by atoms with E-state index in [1.807, 2.05) is 0 Å². The molecule has 1 fully saturated rings. The van der Waals surface area contributed by atoms with Gasteiger partial charge >= 0.3 is 6.09 Å². The third-order valence-electron chi connectivity index (χ3n) is 3.06. The molecule has 21 heavy (non-hydrogen) atoms. The standard InChI is InChI=1S/C14H21FN4O2/c1-14(2,3)21-13(20)19-7-9(15)11(8-19)18-12-10(16)5-4-6-17-12/h4-6,9,11H,7-8,16H2,1-3H3,(H,17,18)/t9-,11-/m1/s1. The summed E-state index contributed by atoms with van der Waals surface area (Å²) in [6, 6.07) is 2.84. The molecule has 2 atom stereocenters. The molecule has 6 nitrogen and oxygen atoms in total. The molecule has 1 aromatic rings. The van der Waals surface area contributed by atoms with E-state index in [0.717, 1.165) is 0 Å². The van der Waals surface area contributed by atoms with Gasteiger partial charge in [0.2, 0.25) is 0 Å². The van der Waals surface area contributed by atoms with Crippen LogP contribution in [-0.2, 0) is 4.74 Å². The number of aromatic nitrogens is 1. The fraction of sp³-hybridized carbons (Fsp3) is 0.571. The minimum atomic E-state index is -1.20. The lowest BCUT2D eigenvalue weighted by Gasteiger charge is -2.24. The maximum absolute atomic E-state index is 14.1. The summed E-state index contributed by atoms with van der Waals surface area (Å²) in [4.78, 5) is 17.4. The van der Waals surface area contributed by atoms with Crippen LogP contribution in [0.1, 0.15) is 20.8 Å². The number of nitrogens with two attached hydrogens (primary N) is 1. The Morgan fingerprint density at radius 2 is 2.24 bits per heavy atom. The zero-order valence-electron chi connectivity index (χ0n) is 12.5. The number of hydrogen-bond acceptors (Lipinski definition) is 5. The molecule has 0 saturated carbocycles. The van der Waals surface area contributed by atoms with Gasteiger partial charge in [-0.15, -0.1) is 0 Å². The molecule has 2 rings (SSSR count). The Balaban J connectivity index is 1.98. The number of likely N-dealkylation sites (tertiary alicyclic amines) is 1. The molecule has 2 heterocycles. The van der Waals surface area contributed by atoms with Crippen molar-refractivity contribution in [1.82, 2.24) is 9.88 Å². The van der Waals surface area contributed by atoms with Crippen molar-refractivity contribution in [3.05, 3.63) is 18.3 Å². The number of anilines is 2.